The molecule has 76 heavy (non-hydrogen) atoms. The van der Waals surface area contributed by atoms with Gasteiger partial charge in [-0.05, 0) is 68.7 Å². The Bertz CT molecular complexity index is 2460. The summed E-state index contributed by atoms with van der Waals surface area (Å²) in [6.07, 6.45) is -1.65. The minimum Gasteiger partial charge on any atom is -0.467 e. The Labute approximate surface area is 439 Å². The molecular formula is C49H67N9O17S. The molecule has 0 bridgehead atoms. The summed E-state index contributed by atoms with van der Waals surface area (Å²) < 4.78 is 42.9. The van der Waals surface area contributed by atoms with Crippen LogP contribution in [0.4, 0.5) is 9.59 Å². The lowest BCUT2D eigenvalue weighted by molar-refractivity contribution is -0.145. The van der Waals surface area contributed by atoms with Crippen molar-refractivity contribution in [3.05, 3.63) is 102 Å². The Morgan fingerprint density at radius 3 is 1.34 bits per heavy atom. The van der Waals surface area contributed by atoms with E-state index < -0.39 is 114 Å². The topological polar surface area (TPSA) is 384 Å². The van der Waals surface area contributed by atoms with E-state index in [1.165, 1.54) is 12.1 Å². The van der Waals surface area contributed by atoms with Crippen molar-refractivity contribution in [3.8, 4) is 0 Å². The summed E-state index contributed by atoms with van der Waals surface area (Å²) in [5.74, 6) is -6.41. The van der Waals surface area contributed by atoms with Crippen LogP contribution in [0.5, 0.6) is 0 Å². The van der Waals surface area contributed by atoms with Crippen molar-refractivity contribution in [3.63, 3.8) is 0 Å². The lowest BCUT2D eigenvalue weighted by Crippen LogP contribution is -2.61. The molecule has 0 aliphatic carbocycles. The zero-order valence-corrected chi connectivity index (χ0v) is 42.8. The summed E-state index contributed by atoms with van der Waals surface area (Å²) in [6.45, 7) is -1.65. The van der Waals surface area contributed by atoms with Crippen molar-refractivity contribution in [1.29, 1.82) is 0 Å². The zero-order valence-electron chi connectivity index (χ0n) is 42.0. The maximum absolute atomic E-state index is 13.8. The van der Waals surface area contributed by atoms with Crippen molar-refractivity contribution in [2.24, 2.45) is 0 Å². The summed E-state index contributed by atoms with van der Waals surface area (Å²) in [6, 6.07) is 14.1. The number of ether oxygens (including phenoxy) is 3. The molecule has 0 saturated carbocycles. The van der Waals surface area contributed by atoms with E-state index >= 15 is 0 Å². The maximum Gasteiger partial charge on any atom is 0.407 e. The smallest absolute Gasteiger partial charge is 0.407 e. The van der Waals surface area contributed by atoms with E-state index in [-0.39, 0.29) is 82.7 Å². The minimum absolute atomic E-state index is 0.0109. The van der Waals surface area contributed by atoms with E-state index in [2.05, 4.69) is 47.3 Å². The number of aryl methyl sites for hydroxylation is 1. The van der Waals surface area contributed by atoms with Gasteiger partial charge in [0.15, 0.2) is 0 Å². The quantitative estimate of drug-likeness (QED) is 0.0135. The van der Waals surface area contributed by atoms with Gasteiger partial charge in [-0.1, -0.05) is 78.4 Å². The number of benzene rings is 3. The molecule has 3 aromatic carbocycles. The van der Waals surface area contributed by atoms with Crippen LogP contribution in [0.25, 0.3) is 0 Å². The second-order valence-electron chi connectivity index (χ2n) is 16.8. The van der Waals surface area contributed by atoms with Crippen LogP contribution in [-0.2, 0) is 71.0 Å². The van der Waals surface area contributed by atoms with Crippen LogP contribution in [0.2, 0.25) is 0 Å². The van der Waals surface area contributed by atoms with Gasteiger partial charge < -0.3 is 72.1 Å². The number of amides is 8. The standard InChI is InChI=1S/C49H67N9O17S/c1-32-19-21-35(22-20-32)76(71,72)53-25-11-18-38(47(68)73-2)55-45(66)40(27-60)58-46(67)41(28-61)57-43(64)37(17-10-24-51-49(70)75-30-34-14-7-4-8-15-34)54-44(65)39(26-59)56-42(63)36(52-31-62)16-9-23-50-48(69)74-29-33-12-5-3-6-13-33/h3-8,12-15,19-22,31,36-41,53,59-61H,9-11,16-18,23-30H2,1-2H3,(H,50,69)(H,51,70)(H,52,62)(H,54,65)(H,55,66)(H,56,63)(H,57,64)(H,58,67)/t36-,37-,38-,39-,40-,41-/m0/s1. The van der Waals surface area contributed by atoms with E-state index in [1.807, 2.05) is 0 Å². The molecule has 3 aromatic rings. The van der Waals surface area contributed by atoms with E-state index in [9.17, 15) is 66.9 Å². The third-order valence-electron chi connectivity index (χ3n) is 11.1. The second-order valence-corrected chi connectivity index (χ2v) is 18.6. The van der Waals surface area contributed by atoms with Gasteiger partial charge in [0.2, 0.25) is 46.0 Å². The van der Waals surface area contributed by atoms with Gasteiger partial charge in [-0.3, -0.25) is 28.8 Å². The number of carbonyl (C=O) groups excluding carboxylic acids is 9. The monoisotopic (exact) mass is 1090 g/mol. The molecule has 27 heteroatoms. The Balaban J connectivity index is 1.65. The van der Waals surface area contributed by atoms with Crippen LogP contribution in [0.3, 0.4) is 0 Å². The first kappa shape index (κ1) is 62.6. The SMILES string of the molecule is COC(=O)[C@H](CCCNS(=O)(=O)c1ccc(C)cc1)NC(=O)[C@H](CO)NC(=O)[C@H](CO)NC(=O)[C@H](CCCNC(=O)OCc1ccccc1)NC(=O)[C@H](CO)NC(=O)[C@H](CCCNC(=O)OCc1ccccc1)NC=O. The van der Waals surface area contributed by atoms with Gasteiger partial charge in [-0.25, -0.2) is 27.5 Å². The van der Waals surface area contributed by atoms with E-state index in [0.29, 0.717) is 5.56 Å². The molecule has 0 radical (unpaired) electrons. The molecule has 0 heterocycles. The number of hydrogen-bond donors (Lipinski definition) is 12. The molecule has 0 fully saturated rings. The first-order valence-corrected chi connectivity index (χ1v) is 25.5. The lowest BCUT2D eigenvalue weighted by Gasteiger charge is -2.26. The number of aliphatic hydroxyl groups is 3. The molecule has 0 spiro atoms. The Morgan fingerprint density at radius 2 is 0.908 bits per heavy atom. The summed E-state index contributed by atoms with van der Waals surface area (Å²) >= 11 is 0. The van der Waals surface area contributed by atoms with Crippen LogP contribution in [0, 0.1) is 6.92 Å². The summed E-state index contributed by atoms with van der Waals surface area (Å²) in [4.78, 5) is 116. The minimum atomic E-state index is -3.91. The van der Waals surface area contributed by atoms with Gasteiger partial charge in [-0.2, -0.15) is 0 Å². The van der Waals surface area contributed by atoms with Crippen LogP contribution < -0.4 is 47.3 Å². The number of alkyl carbamates (subject to hydrolysis) is 2. The van der Waals surface area contributed by atoms with E-state index in [4.69, 9.17) is 14.2 Å². The van der Waals surface area contributed by atoms with Crippen molar-refractivity contribution < 1.29 is 81.1 Å². The van der Waals surface area contributed by atoms with E-state index in [1.54, 1.807) is 79.7 Å². The fourth-order valence-corrected chi connectivity index (χ4v) is 7.91. The average molecular weight is 1090 g/mol. The maximum atomic E-state index is 13.8. The largest absolute Gasteiger partial charge is 0.467 e. The molecule has 0 saturated heterocycles. The molecule has 0 unspecified atom stereocenters. The van der Waals surface area contributed by atoms with Crippen LogP contribution in [-0.4, -0.2) is 161 Å². The molecule has 0 aromatic heterocycles. The Morgan fingerprint density at radius 1 is 0.526 bits per heavy atom. The number of esters is 1. The van der Waals surface area contributed by atoms with Crippen molar-refractivity contribution in [2.45, 2.75) is 99.8 Å². The predicted molar refractivity (Wildman–Crippen MR) is 269 cm³/mol. The zero-order chi connectivity index (χ0) is 55.9. The van der Waals surface area contributed by atoms with Crippen molar-refractivity contribution >= 4 is 64.1 Å². The van der Waals surface area contributed by atoms with Gasteiger partial charge in [-0.15, -0.1) is 0 Å². The van der Waals surface area contributed by atoms with Gasteiger partial charge in [0, 0.05) is 19.6 Å². The number of sulfonamides is 1. The lowest BCUT2D eigenvalue weighted by atomic mass is 10.1. The second kappa shape index (κ2) is 34.0. The highest BCUT2D eigenvalue weighted by Crippen LogP contribution is 2.11. The molecule has 6 atom stereocenters. The molecule has 3 rings (SSSR count). The normalized spacial score (nSPS) is 13.3. The number of nitrogens with one attached hydrogen (secondary N) is 9. The van der Waals surface area contributed by atoms with Crippen molar-refractivity contribution in [1.82, 2.24) is 47.3 Å². The third kappa shape index (κ3) is 22.8. The fraction of sp³-hybridized carbons (Fsp3) is 0.449. The highest BCUT2D eigenvalue weighted by Gasteiger charge is 2.33. The number of hydrogen-bond acceptors (Lipinski definition) is 17. The average Bonchev–Trinajstić information content (AvgIpc) is 3.42. The number of methoxy groups -OCH3 is 1. The Kier molecular flexibility index (Phi) is 28.0. The summed E-state index contributed by atoms with van der Waals surface area (Å²) in [5.41, 5.74) is 2.31. The summed E-state index contributed by atoms with van der Waals surface area (Å²) in [5, 5.41) is 49.2. The van der Waals surface area contributed by atoms with Crippen molar-refractivity contribution in [2.75, 3.05) is 46.6 Å². The molecular weight excluding hydrogens is 1020 g/mol. The van der Waals surface area contributed by atoms with E-state index in [0.717, 1.165) is 18.2 Å². The first-order chi connectivity index (χ1) is 36.4. The predicted octanol–water partition coefficient (Wildman–Crippen LogP) is -1.84. The highest BCUT2D eigenvalue weighted by atomic mass is 32.2. The number of aliphatic hydroxyl groups excluding tert-OH is 3. The Hall–Kier alpha value is -7.72. The molecule has 26 nitrogen and oxygen atoms in total. The van der Waals surface area contributed by atoms with Crippen LogP contribution in [0.15, 0.2) is 89.8 Å². The van der Waals surface area contributed by atoms with Gasteiger partial charge in [0.1, 0.15) is 49.5 Å². The molecule has 0 aliphatic rings. The summed E-state index contributed by atoms with van der Waals surface area (Å²) in [7, 11) is -2.87. The molecule has 8 amide bonds. The highest BCUT2D eigenvalue weighted by molar-refractivity contribution is 7.89. The number of carbonyl (C=O) groups is 9. The fourth-order valence-electron chi connectivity index (χ4n) is 6.83. The third-order valence-corrected chi connectivity index (χ3v) is 12.5. The first-order valence-electron chi connectivity index (χ1n) is 24.0. The van der Waals surface area contributed by atoms with Gasteiger partial charge in [0.25, 0.3) is 0 Å². The number of rotatable bonds is 34. The van der Waals surface area contributed by atoms with Crippen LogP contribution in [0.1, 0.15) is 55.2 Å². The molecule has 0 aliphatic heterocycles. The molecule has 12 N–H and O–H groups in total. The van der Waals surface area contributed by atoms with Crippen LogP contribution >= 0.6 is 0 Å². The van der Waals surface area contributed by atoms with Gasteiger partial charge >= 0.3 is 18.2 Å². The van der Waals surface area contributed by atoms with Gasteiger partial charge in [0.05, 0.1) is 31.8 Å². The molecule has 416 valence electrons.